The maximum atomic E-state index is 5.42. The Kier molecular flexibility index (Phi) is 4.27. The molecule has 19 heavy (non-hydrogen) atoms. The molecule has 0 aliphatic rings. The number of hydrogen-bond donors (Lipinski definition) is 0. The van der Waals surface area contributed by atoms with Gasteiger partial charge in [0, 0.05) is 5.56 Å². The summed E-state index contributed by atoms with van der Waals surface area (Å²) in [7, 11) is 0. The fraction of sp³-hybridized carbons (Fsp3) is 0.111. The third-order valence-electron chi connectivity index (χ3n) is 2.66. The summed E-state index contributed by atoms with van der Waals surface area (Å²) in [5.41, 5.74) is 3.22. The zero-order chi connectivity index (χ0) is 13.5. The molecule has 0 saturated carbocycles. The molecule has 1 heteroatoms. The molecule has 1 nitrogen and oxygen atoms in total. The molecule has 0 aromatic heterocycles. The van der Waals surface area contributed by atoms with Gasteiger partial charge in [-0.05, 0) is 54.2 Å². The molecule has 0 fully saturated rings. The van der Waals surface area contributed by atoms with Crippen LogP contribution in [0.4, 0.5) is 0 Å². The minimum Gasteiger partial charge on any atom is -0.494 e. The van der Waals surface area contributed by atoms with Gasteiger partial charge in [0.25, 0.3) is 0 Å². The summed E-state index contributed by atoms with van der Waals surface area (Å²) >= 11 is 0. The number of hydrogen-bond acceptors (Lipinski definition) is 1. The van der Waals surface area contributed by atoms with Crippen LogP contribution in [-0.2, 0) is 0 Å². The van der Waals surface area contributed by atoms with Gasteiger partial charge in [-0.2, -0.15) is 0 Å². The minimum absolute atomic E-state index is 0.682. The lowest BCUT2D eigenvalue weighted by molar-refractivity contribution is 0.340. The Labute approximate surface area is 114 Å². The Balaban J connectivity index is 2.20. The highest BCUT2D eigenvalue weighted by Gasteiger charge is 1.98. The molecule has 0 radical (unpaired) electrons. The monoisotopic (exact) mass is 246 g/mol. The van der Waals surface area contributed by atoms with E-state index < -0.39 is 0 Å². The van der Waals surface area contributed by atoms with Crippen molar-refractivity contribution in [2.75, 3.05) is 6.61 Å². The summed E-state index contributed by atoms with van der Waals surface area (Å²) in [5.74, 6) is 8.70. The van der Waals surface area contributed by atoms with Crippen molar-refractivity contribution >= 4 is 0 Å². The molecule has 0 unspecified atom stereocenters. The maximum absolute atomic E-state index is 5.42. The number of benzene rings is 2. The van der Waals surface area contributed by atoms with Gasteiger partial charge in [-0.25, -0.2) is 0 Å². The predicted octanol–water partition coefficient (Wildman–Crippen LogP) is 3.74. The largest absolute Gasteiger partial charge is 0.494 e. The molecule has 0 heterocycles. The van der Waals surface area contributed by atoms with E-state index >= 15 is 0 Å². The van der Waals surface area contributed by atoms with E-state index in [-0.39, 0.29) is 0 Å². The van der Waals surface area contributed by atoms with Gasteiger partial charge in [-0.1, -0.05) is 30.2 Å². The highest BCUT2D eigenvalue weighted by atomic mass is 16.5. The molecular weight excluding hydrogens is 232 g/mol. The van der Waals surface area contributed by atoms with Crippen molar-refractivity contribution in [3.63, 3.8) is 0 Å². The van der Waals surface area contributed by atoms with Gasteiger partial charge in [0.2, 0.25) is 0 Å². The van der Waals surface area contributed by atoms with Crippen molar-refractivity contribution in [3.8, 4) is 41.1 Å². The van der Waals surface area contributed by atoms with Crippen LogP contribution in [0.15, 0.2) is 48.5 Å². The van der Waals surface area contributed by atoms with E-state index in [0.29, 0.717) is 6.61 Å². The summed E-state index contributed by atoms with van der Waals surface area (Å²) in [6, 6.07) is 16.1. The van der Waals surface area contributed by atoms with Gasteiger partial charge in [0.1, 0.15) is 5.75 Å². The fourth-order valence-corrected chi connectivity index (χ4v) is 1.76. The summed E-state index contributed by atoms with van der Waals surface area (Å²) in [4.78, 5) is 0. The average Bonchev–Trinajstić information content (AvgIpc) is 2.47. The molecule has 0 atom stereocenters. The molecule has 0 aliphatic carbocycles. The van der Waals surface area contributed by atoms with E-state index in [9.17, 15) is 0 Å². The van der Waals surface area contributed by atoms with Crippen molar-refractivity contribution in [3.05, 3.63) is 54.1 Å². The number of ether oxygens (including phenoxy) is 1. The molecule has 2 aromatic carbocycles. The smallest absolute Gasteiger partial charge is 0.119 e. The van der Waals surface area contributed by atoms with Crippen LogP contribution in [0, 0.1) is 24.2 Å². The lowest BCUT2D eigenvalue weighted by Gasteiger charge is -2.05. The second-order valence-electron chi connectivity index (χ2n) is 3.93. The molecule has 0 amide bonds. The Morgan fingerprint density at radius 1 is 0.947 bits per heavy atom. The predicted molar refractivity (Wildman–Crippen MR) is 78.8 cm³/mol. The summed E-state index contributed by atoms with van der Waals surface area (Å²) in [6.07, 6.45) is 5.10. The van der Waals surface area contributed by atoms with Crippen molar-refractivity contribution in [2.24, 2.45) is 0 Å². The SMILES string of the molecule is C#CC#Cc1ccc(-c2ccc(OCC)cc2)cc1. The Morgan fingerprint density at radius 3 is 2.05 bits per heavy atom. The second kappa shape index (κ2) is 6.34. The number of rotatable bonds is 3. The molecule has 0 N–H and O–H groups in total. The fourth-order valence-electron chi connectivity index (χ4n) is 1.76. The van der Waals surface area contributed by atoms with Crippen molar-refractivity contribution in [1.82, 2.24) is 0 Å². The van der Waals surface area contributed by atoms with E-state index in [0.717, 1.165) is 22.4 Å². The summed E-state index contributed by atoms with van der Waals surface area (Å²) in [6.45, 7) is 2.66. The van der Waals surface area contributed by atoms with Crippen LogP contribution in [0.25, 0.3) is 11.1 Å². The van der Waals surface area contributed by atoms with Crippen LogP contribution in [0.3, 0.4) is 0 Å². The molecule has 0 bridgehead atoms. The van der Waals surface area contributed by atoms with E-state index in [1.165, 1.54) is 0 Å². The highest BCUT2D eigenvalue weighted by Crippen LogP contribution is 2.22. The van der Waals surface area contributed by atoms with E-state index in [2.05, 4.69) is 17.8 Å². The van der Waals surface area contributed by atoms with Crippen molar-refractivity contribution in [1.29, 1.82) is 0 Å². The zero-order valence-corrected chi connectivity index (χ0v) is 10.8. The first kappa shape index (κ1) is 12.8. The van der Waals surface area contributed by atoms with Crippen molar-refractivity contribution in [2.45, 2.75) is 6.92 Å². The molecule has 0 aliphatic heterocycles. The topological polar surface area (TPSA) is 9.23 Å². The van der Waals surface area contributed by atoms with Gasteiger partial charge >= 0.3 is 0 Å². The maximum Gasteiger partial charge on any atom is 0.119 e. The molecule has 2 rings (SSSR count). The third-order valence-corrected chi connectivity index (χ3v) is 2.66. The first-order valence-corrected chi connectivity index (χ1v) is 6.13. The first-order chi connectivity index (χ1) is 9.33. The van der Waals surface area contributed by atoms with E-state index in [1.807, 2.05) is 55.5 Å². The molecular formula is C18H14O. The van der Waals surface area contributed by atoms with E-state index in [4.69, 9.17) is 11.2 Å². The lowest BCUT2D eigenvalue weighted by atomic mass is 10.0. The lowest BCUT2D eigenvalue weighted by Crippen LogP contribution is -1.90. The van der Waals surface area contributed by atoms with Crippen LogP contribution >= 0.6 is 0 Å². The molecule has 0 saturated heterocycles. The van der Waals surface area contributed by atoms with Gasteiger partial charge in [-0.3, -0.25) is 0 Å². The Bertz CT molecular complexity index is 631. The Hall–Kier alpha value is -2.64. The molecule has 0 spiro atoms. The van der Waals surface area contributed by atoms with Gasteiger partial charge in [0.15, 0.2) is 0 Å². The van der Waals surface area contributed by atoms with Crippen LogP contribution < -0.4 is 4.74 Å². The first-order valence-electron chi connectivity index (χ1n) is 6.13. The normalized spacial score (nSPS) is 9.05. The van der Waals surface area contributed by atoms with Gasteiger partial charge in [-0.15, -0.1) is 6.42 Å². The second-order valence-corrected chi connectivity index (χ2v) is 3.93. The summed E-state index contributed by atoms with van der Waals surface area (Å²) < 4.78 is 5.42. The van der Waals surface area contributed by atoms with Crippen LogP contribution in [0.5, 0.6) is 5.75 Å². The van der Waals surface area contributed by atoms with Crippen molar-refractivity contribution < 1.29 is 4.74 Å². The standard InChI is InChI=1S/C18H14O/c1-3-5-6-15-7-9-16(10-8-15)17-11-13-18(14-12-17)19-4-2/h1,7-14H,4H2,2H3. The van der Waals surface area contributed by atoms with Gasteiger partial charge in [0.05, 0.1) is 6.61 Å². The van der Waals surface area contributed by atoms with Crippen LogP contribution in [0.1, 0.15) is 12.5 Å². The molecule has 2 aromatic rings. The summed E-state index contributed by atoms with van der Waals surface area (Å²) in [5, 5.41) is 0. The average molecular weight is 246 g/mol. The third kappa shape index (κ3) is 3.41. The zero-order valence-electron chi connectivity index (χ0n) is 10.8. The Morgan fingerprint density at radius 2 is 1.53 bits per heavy atom. The van der Waals surface area contributed by atoms with E-state index in [1.54, 1.807) is 0 Å². The van der Waals surface area contributed by atoms with Gasteiger partial charge < -0.3 is 4.74 Å². The highest BCUT2D eigenvalue weighted by molar-refractivity contribution is 5.65. The minimum atomic E-state index is 0.682. The quantitative estimate of drug-likeness (QED) is 0.750. The van der Waals surface area contributed by atoms with Crippen LogP contribution in [0.2, 0.25) is 0 Å². The van der Waals surface area contributed by atoms with Crippen LogP contribution in [-0.4, -0.2) is 6.61 Å². The molecule has 92 valence electrons. The number of terminal acetylenes is 1.